The maximum atomic E-state index is 13.2. The molecule has 1 fully saturated rings. The summed E-state index contributed by atoms with van der Waals surface area (Å²) in [5, 5.41) is 11.9. The zero-order valence-corrected chi connectivity index (χ0v) is 14.5. The summed E-state index contributed by atoms with van der Waals surface area (Å²) in [5.41, 5.74) is 0.910. The monoisotopic (exact) mass is 386 g/mol. The lowest BCUT2D eigenvalue weighted by molar-refractivity contribution is -0.143. The number of aliphatic carboxylic acids is 1. The highest BCUT2D eigenvalue weighted by molar-refractivity contribution is 9.10. The number of nitrogens with zero attached hydrogens (tertiary/aromatic N) is 1. The molecule has 7 heteroatoms. The zero-order chi connectivity index (χ0) is 17.0. The van der Waals surface area contributed by atoms with Gasteiger partial charge in [0, 0.05) is 19.1 Å². The average Bonchev–Trinajstić information content (AvgIpc) is 2.51. The van der Waals surface area contributed by atoms with Crippen LogP contribution in [0.2, 0.25) is 0 Å². The van der Waals surface area contributed by atoms with Crippen molar-refractivity contribution >= 4 is 27.9 Å². The van der Waals surface area contributed by atoms with Crippen molar-refractivity contribution in [1.82, 2.24) is 10.2 Å². The summed E-state index contributed by atoms with van der Waals surface area (Å²) in [7, 11) is 0. The molecule has 0 aromatic heterocycles. The van der Waals surface area contributed by atoms with Crippen LogP contribution in [0.5, 0.6) is 0 Å². The number of amides is 2. The maximum Gasteiger partial charge on any atom is 0.317 e. The third-order valence-corrected chi connectivity index (χ3v) is 4.56. The number of carbonyl (C=O) groups is 2. The molecule has 0 aliphatic carbocycles. The summed E-state index contributed by atoms with van der Waals surface area (Å²) in [5.74, 6) is -1.66. The number of rotatable bonds is 4. The van der Waals surface area contributed by atoms with Gasteiger partial charge in [-0.05, 0) is 59.8 Å². The number of benzene rings is 1. The van der Waals surface area contributed by atoms with E-state index in [0.29, 0.717) is 30.3 Å². The van der Waals surface area contributed by atoms with Crippen molar-refractivity contribution in [2.24, 2.45) is 5.92 Å². The summed E-state index contributed by atoms with van der Waals surface area (Å²) in [6, 6.07) is 4.38. The number of hydrogen-bond acceptors (Lipinski definition) is 2. The number of halogens is 2. The molecule has 2 unspecified atom stereocenters. The fourth-order valence-electron chi connectivity index (χ4n) is 2.74. The maximum absolute atomic E-state index is 13.2. The van der Waals surface area contributed by atoms with Gasteiger partial charge in [0.2, 0.25) is 0 Å². The predicted molar refractivity (Wildman–Crippen MR) is 87.7 cm³/mol. The van der Waals surface area contributed by atoms with Gasteiger partial charge in [-0.2, -0.15) is 0 Å². The van der Waals surface area contributed by atoms with Crippen LogP contribution >= 0.6 is 15.9 Å². The number of carbonyl (C=O) groups excluding carboxylic acids is 1. The van der Waals surface area contributed by atoms with Gasteiger partial charge in [-0.25, -0.2) is 9.18 Å². The van der Waals surface area contributed by atoms with Gasteiger partial charge >= 0.3 is 12.0 Å². The average molecular weight is 387 g/mol. The Labute approximate surface area is 143 Å². The molecular weight excluding hydrogens is 367 g/mol. The van der Waals surface area contributed by atoms with Gasteiger partial charge in [0.15, 0.2) is 0 Å². The first-order valence-electron chi connectivity index (χ1n) is 7.59. The molecule has 2 atom stereocenters. The smallest absolute Gasteiger partial charge is 0.317 e. The number of carboxylic acid groups (broad SMARTS) is 1. The van der Waals surface area contributed by atoms with Gasteiger partial charge in [0.05, 0.1) is 10.4 Å². The van der Waals surface area contributed by atoms with Crippen LogP contribution in [-0.4, -0.2) is 41.1 Å². The number of piperidine rings is 1. The molecule has 1 aliphatic heterocycles. The Hall–Kier alpha value is -1.63. The van der Waals surface area contributed by atoms with Crippen molar-refractivity contribution in [3.63, 3.8) is 0 Å². The highest BCUT2D eigenvalue weighted by Gasteiger charge is 2.28. The van der Waals surface area contributed by atoms with Gasteiger partial charge in [-0.3, -0.25) is 4.79 Å². The number of hydrogen-bond donors (Lipinski definition) is 2. The first kappa shape index (κ1) is 17.7. The summed E-state index contributed by atoms with van der Waals surface area (Å²) >= 11 is 3.14. The van der Waals surface area contributed by atoms with E-state index >= 15 is 0 Å². The lowest BCUT2D eigenvalue weighted by Crippen LogP contribution is -2.49. The van der Waals surface area contributed by atoms with Crippen molar-refractivity contribution in [2.75, 3.05) is 13.1 Å². The van der Waals surface area contributed by atoms with Crippen LogP contribution in [0.15, 0.2) is 22.7 Å². The van der Waals surface area contributed by atoms with Crippen molar-refractivity contribution in [1.29, 1.82) is 0 Å². The first-order chi connectivity index (χ1) is 10.9. The molecule has 126 valence electrons. The van der Waals surface area contributed by atoms with Crippen molar-refractivity contribution in [2.45, 2.75) is 32.2 Å². The number of urea groups is 1. The van der Waals surface area contributed by atoms with Gasteiger partial charge in [-0.1, -0.05) is 6.07 Å². The number of carboxylic acids is 1. The Morgan fingerprint density at radius 1 is 1.52 bits per heavy atom. The minimum Gasteiger partial charge on any atom is -0.481 e. The van der Waals surface area contributed by atoms with E-state index in [2.05, 4.69) is 21.2 Å². The normalized spacial score (nSPS) is 19.3. The van der Waals surface area contributed by atoms with E-state index in [4.69, 9.17) is 5.11 Å². The molecule has 1 aromatic carbocycles. The number of nitrogens with one attached hydrogen (secondary N) is 1. The highest BCUT2D eigenvalue weighted by Crippen LogP contribution is 2.19. The Morgan fingerprint density at radius 2 is 2.26 bits per heavy atom. The van der Waals surface area contributed by atoms with E-state index in [9.17, 15) is 14.0 Å². The second-order valence-electron chi connectivity index (χ2n) is 5.93. The van der Waals surface area contributed by atoms with E-state index < -0.39 is 11.9 Å². The number of likely N-dealkylation sites (tertiary alicyclic amines) is 1. The molecule has 0 spiro atoms. The minimum absolute atomic E-state index is 0.134. The molecule has 0 bridgehead atoms. The van der Waals surface area contributed by atoms with E-state index in [0.717, 1.165) is 5.56 Å². The quantitative estimate of drug-likeness (QED) is 0.835. The van der Waals surface area contributed by atoms with Crippen molar-refractivity contribution in [3.05, 3.63) is 34.1 Å². The van der Waals surface area contributed by atoms with Gasteiger partial charge in [-0.15, -0.1) is 0 Å². The first-order valence-corrected chi connectivity index (χ1v) is 8.38. The molecular formula is C16H20BrFN2O3. The molecule has 1 saturated heterocycles. The lowest BCUT2D eigenvalue weighted by Gasteiger charge is -2.31. The third-order valence-electron chi connectivity index (χ3n) is 3.95. The molecule has 1 aromatic rings. The minimum atomic E-state index is -0.855. The predicted octanol–water partition coefficient (Wildman–Crippen LogP) is 3.03. The zero-order valence-electron chi connectivity index (χ0n) is 12.9. The highest BCUT2D eigenvalue weighted by atomic mass is 79.9. The Kier molecular flexibility index (Phi) is 5.98. The molecule has 0 radical (unpaired) electrons. The van der Waals surface area contributed by atoms with Crippen LogP contribution in [0, 0.1) is 11.7 Å². The summed E-state index contributed by atoms with van der Waals surface area (Å²) in [4.78, 5) is 24.8. The van der Waals surface area contributed by atoms with Crippen LogP contribution in [0.3, 0.4) is 0 Å². The lowest BCUT2D eigenvalue weighted by atomic mass is 9.98. The topological polar surface area (TPSA) is 69.6 Å². The largest absolute Gasteiger partial charge is 0.481 e. The molecule has 23 heavy (non-hydrogen) atoms. The Morgan fingerprint density at radius 3 is 2.91 bits per heavy atom. The van der Waals surface area contributed by atoms with Gasteiger partial charge < -0.3 is 15.3 Å². The third kappa shape index (κ3) is 4.92. The van der Waals surface area contributed by atoms with E-state index in [1.54, 1.807) is 17.0 Å². The van der Waals surface area contributed by atoms with Crippen LogP contribution in [0.1, 0.15) is 25.3 Å². The van der Waals surface area contributed by atoms with Gasteiger partial charge in [0.1, 0.15) is 5.82 Å². The standard InChI is InChI=1S/C16H20BrFN2O3/c1-10(7-11-4-5-14(18)13(17)8-11)19-16(23)20-6-2-3-12(9-20)15(21)22/h4-5,8,10,12H,2-3,6-7,9H2,1H3,(H,19,23)(H,21,22). The second-order valence-corrected chi connectivity index (χ2v) is 6.78. The van der Waals surface area contributed by atoms with Crippen molar-refractivity contribution in [3.8, 4) is 0 Å². The van der Waals surface area contributed by atoms with E-state index in [-0.39, 0.29) is 24.4 Å². The van der Waals surface area contributed by atoms with E-state index in [1.165, 1.54) is 6.07 Å². The summed E-state index contributed by atoms with van der Waals surface area (Å²) < 4.78 is 13.6. The Bertz CT molecular complexity index is 597. The van der Waals surface area contributed by atoms with Crippen molar-refractivity contribution < 1.29 is 19.1 Å². The Balaban J connectivity index is 1.88. The second kappa shape index (κ2) is 7.77. The fourth-order valence-corrected chi connectivity index (χ4v) is 3.16. The van der Waals surface area contributed by atoms with Crippen LogP contribution < -0.4 is 5.32 Å². The van der Waals surface area contributed by atoms with Gasteiger partial charge in [0.25, 0.3) is 0 Å². The summed E-state index contributed by atoms with van der Waals surface area (Å²) in [6.07, 6.45) is 1.88. The summed E-state index contributed by atoms with van der Waals surface area (Å²) in [6.45, 7) is 2.69. The molecule has 2 rings (SSSR count). The molecule has 1 aliphatic rings. The molecule has 0 saturated carbocycles. The SMILES string of the molecule is CC(Cc1ccc(F)c(Br)c1)NC(=O)N1CCCC(C(=O)O)C1. The molecule has 2 amide bonds. The van der Waals surface area contributed by atoms with Crippen LogP contribution in [0.4, 0.5) is 9.18 Å². The van der Waals surface area contributed by atoms with Crippen LogP contribution in [0.25, 0.3) is 0 Å². The molecule has 2 N–H and O–H groups in total. The van der Waals surface area contributed by atoms with Crippen LogP contribution in [-0.2, 0) is 11.2 Å². The fraction of sp³-hybridized carbons (Fsp3) is 0.500. The van der Waals surface area contributed by atoms with E-state index in [1.807, 2.05) is 6.92 Å². The molecule has 5 nitrogen and oxygen atoms in total. The molecule has 1 heterocycles.